The zero-order valence-electron chi connectivity index (χ0n) is 21.7. The number of sulfonamides is 1. The summed E-state index contributed by atoms with van der Waals surface area (Å²) in [5.41, 5.74) is 3.56. The largest absolute Gasteiger partial charge is 0.353 e. The van der Waals surface area contributed by atoms with E-state index in [4.69, 9.17) is 0 Å². The molecule has 7 heteroatoms. The van der Waals surface area contributed by atoms with Crippen LogP contribution in [0, 0.1) is 26.7 Å². The molecule has 0 unspecified atom stereocenters. The molecule has 0 atom stereocenters. The number of rotatable bonds is 9. The number of hydrogen-bond donors (Lipinski definition) is 0. The first-order chi connectivity index (χ1) is 16.0. The van der Waals surface area contributed by atoms with Gasteiger partial charge in [0.15, 0.2) is 0 Å². The Kier molecular flexibility index (Phi) is 8.63. The molecular formula is C27H41N3O3S. The Hall–Kier alpha value is -2.12. The predicted molar refractivity (Wildman–Crippen MR) is 137 cm³/mol. The van der Waals surface area contributed by atoms with Crippen LogP contribution in [-0.2, 0) is 28.4 Å². The minimum absolute atomic E-state index is 0.114. The summed E-state index contributed by atoms with van der Waals surface area (Å²) >= 11 is 0. The molecule has 0 saturated heterocycles. The average Bonchev–Trinajstić information content (AvgIpc) is 3.15. The van der Waals surface area contributed by atoms with Gasteiger partial charge < -0.3 is 9.47 Å². The van der Waals surface area contributed by atoms with Gasteiger partial charge in [-0.1, -0.05) is 50.8 Å². The van der Waals surface area contributed by atoms with Crippen molar-refractivity contribution >= 4 is 15.9 Å². The Morgan fingerprint density at radius 1 is 1.09 bits per heavy atom. The Morgan fingerprint density at radius 3 is 2.24 bits per heavy atom. The summed E-state index contributed by atoms with van der Waals surface area (Å²) in [7, 11) is -1.86. The molecule has 0 aliphatic heterocycles. The van der Waals surface area contributed by atoms with Gasteiger partial charge in [0.2, 0.25) is 15.9 Å². The molecule has 1 aromatic carbocycles. The van der Waals surface area contributed by atoms with Gasteiger partial charge >= 0.3 is 0 Å². The fraction of sp³-hybridized carbons (Fsp3) is 0.593. The zero-order chi connectivity index (χ0) is 25.0. The van der Waals surface area contributed by atoms with Crippen molar-refractivity contribution in [2.24, 2.45) is 13.0 Å². The van der Waals surface area contributed by atoms with E-state index in [1.165, 1.54) is 4.31 Å². The maximum Gasteiger partial charge on any atom is 0.244 e. The highest BCUT2D eigenvalue weighted by Crippen LogP contribution is 2.31. The van der Waals surface area contributed by atoms with Gasteiger partial charge in [0.05, 0.1) is 18.0 Å². The van der Waals surface area contributed by atoms with Gasteiger partial charge in [0.25, 0.3) is 0 Å². The summed E-state index contributed by atoms with van der Waals surface area (Å²) in [4.78, 5) is 15.9. The summed E-state index contributed by atoms with van der Waals surface area (Å²) in [6.07, 6.45) is 6.69. The second kappa shape index (κ2) is 11.1. The smallest absolute Gasteiger partial charge is 0.244 e. The van der Waals surface area contributed by atoms with E-state index in [0.29, 0.717) is 18.0 Å². The van der Waals surface area contributed by atoms with Crippen molar-refractivity contribution in [2.75, 3.05) is 13.1 Å². The lowest BCUT2D eigenvalue weighted by molar-refractivity contribution is -0.133. The number of aromatic nitrogens is 1. The van der Waals surface area contributed by atoms with Gasteiger partial charge in [-0.05, 0) is 62.8 Å². The molecule has 0 radical (unpaired) electrons. The fourth-order valence-electron chi connectivity index (χ4n) is 5.26. The number of carbonyl (C=O) groups excluding carboxylic acids is 1. The predicted octanol–water partition coefficient (Wildman–Crippen LogP) is 4.96. The first-order valence-corrected chi connectivity index (χ1v) is 13.9. The third kappa shape index (κ3) is 6.11. The van der Waals surface area contributed by atoms with Crippen LogP contribution >= 0.6 is 0 Å². The third-order valence-corrected chi connectivity index (χ3v) is 8.99. The second-order valence-electron chi connectivity index (χ2n) is 10.3. The minimum Gasteiger partial charge on any atom is -0.353 e. The summed E-state index contributed by atoms with van der Waals surface area (Å²) in [6.45, 7) is 10.8. The maximum atomic E-state index is 14.1. The van der Waals surface area contributed by atoms with E-state index < -0.39 is 10.0 Å². The van der Waals surface area contributed by atoms with Crippen LogP contribution in [0.5, 0.6) is 0 Å². The van der Waals surface area contributed by atoms with Gasteiger partial charge in [-0.3, -0.25) is 4.79 Å². The highest BCUT2D eigenvalue weighted by Gasteiger charge is 2.36. The number of carbonyl (C=O) groups is 1. The lowest BCUT2D eigenvalue weighted by atomic mass is 9.95. The molecule has 1 amide bonds. The molecule has 1 aliphatic rings. The summed E-state index contributed by atoms with van der Waals surface area (Å²) in [6, 6.07) is 7.67. The first-order valence-electron chi connectivity index (χ1n) is 12.5. The molecule has 1 saturated carbocycles. The Labute approximate surface area is 206 Å². The number of amides is 1. The van der Waals surface area contributed by atoms with Crippen LogP contribution in [-0.4, -0.2) is 47.2 Å². The van der Waals surface area contributed by atoms with Crippen LogP contribution in [0.2, 0.25) is 0 Å². The van der Waals surface area contributed by atoms with Crippen molar-refractivity contribution in [1.82, 2.24) is 13.8 Å². The van der Waals surface area contributed by atoms with Gasteiger partial charge in [0, 0.05) is 31.5 Å². The molecule has 188 valence electrons. The van der Waals surface area contributed by atoms with E-state index in [1.54, 1.807) is 0 Å². The molecule has 6 nitrogen and oxygen atoms in total. The number of nitrogens with zero attached hydrogens (tertiary/aromatic N) is 3. The molecule has 1 aliphatic carbocycles. The van der Waals surface area contributed by atoms with Crippen molar-refractivity contribution in [3.8, 4) is 0 Å². The van der Waals surface area contributed by atoms with Crippen LogP contribution in [0.1, 0.15) is 68.3 Å². The minimum atomic E-state index is -3.83. The molecule has 1 heterocycles. The molecule has 0 N–H and O–H groups in total. The molecule has 1 fully saturated rings. The molecule has 34 heavy (non-hydrogen) atoms. The van der Waals surface area contributed by atoms with Gasteiger partial charge in [-0.25, -0.2) is 8.42 Å². The van der Waals surface area contributed by atoms with Crippen molar-refractivity contribution < 1.29 is 13.2 Å². The highest BCUT2D eigenvalue weighted by atomic mass is 32.2. The van der Waals surface area contributed by atoms with E-state index in [9.17, 15) is 13.2 Å². The molecule has 0 bridgehead atoms. The summed E-state index contributed by atoms with van der Waals surface area (Å²) in [5, 5.41) is 0. The quantitative estimate of drug-likeness (QED) is 0.502. The molecule has 0 spiro atoms. The van der Waals surface area contributed by atoms with E-state index in [-0.39, 0.29) is 24.4 Å². The zero-order valence-corrected chi connectivity index (χ0v) is 22.5. The van der Waals surface area contributed by atoms with Gasteiger partial charge in [0.1, 0.15) is 0 Å². The lowest BCUT2D eigenvalue weighted by Crippen LogP contribution is -2.48. The van der Waals surface area contributed by atoms with Crippen molar-refractivity contribution in [2.45, 2.75) is 84.2 Å². The van der Waals surface area contributed by atoms with Crippen molar-refractivity contribution in [3.05, 3.63) is 52.8 Å². The number of benzene rings is 1. The molecule has 2 aromatic rings. The Morgan fingerprint density at radius 2 is 1.71 bits per heavy atom. The van der Waals surface area contributed by atoms with E-state index in [2.05, 4.69) is 13.8 Å². The second-order valence-corrected chi connectivity index (χ2v) is 12.2. The molecule has 1 aromatic heterocycles. The maximum absolute atomic E-state index is 14.1. The SMILES string of the molecule is Cc1cc(C)c(S(=O)(=O)N(CC(=O)N(Cc2cccn2C)CC(C)C)C2CCCCC2)c(C)c1. The average molecular weight is 488 g/mol. The fourth-order valence-corrected chi connectivity index (χ4v) is 7.31. The number of aryl methyl sites for hydroxylation is 4. The third-order valence-electron chi connectivity index (χ3n) is 6.79. The van der Waals surface area contributed by atoms with Crippen LogP contribution < -0.4 is 0 Å². The first kappa shape index (κ1) is 26.5. The lowest BCUT2D eigenvalue weighted by Gasteiger charge is -2.35. The monoisotopic (exact) mass is 487 g/mol. The topological polar surface area (TPSA) is 62.6 Å². The summed E-state index contributed by atoms with van der Waals surface area (Å²) < 4.78 is 31.7. The van der Waals surface area contributed by atoms with Gasteiger partial charge in [-0.2, -0.15) is 4.31 Å². The van der Waals surface area contributed by atoms with Crippen molar-refractivity contribution in [1.29, 1.82) is 0 Å². The van der Waals surface area contributed by atoms with Gasteiger partial charge in [-0.15, -0.1) is 0 Å². The van der Waals surface area contributed by atoms with Crippen molar-refractivity contribution in [3.63, 3.8) is 0 Å². The van der Waals surface area contributed by atoms with E-state index in [1.807, 2.05) is 67.7 Å². The van der Waals surface area contributed by atoms with Crippen LogP contribution in [0.15, 0.2) is 35.4 Å². The highest BCUT2D eigenvalue weighted by molar-refractivity contribution is 7.89. The summed E-state index contributed by atoms with van der Waals surface area (Å²) in [5.74, 6) is 0.150. The molecular weight excluding hydrogens is 446 g/mol. The van der Waals surface area contributed by atoms with Crippen LogP contribution in [0.25, 0.3) is 0 Å². The van der Waals surface area contributed by atoms with Crippen LogP contribution in [0.3, 0.4) is 0 Å². The van der Waals surface area contributed by atoms with Crippen LogP contribution in [0.4, 0.5) is 0 Å². The number of hydrogen-bond acceptors (Lipinski definition) is 3. The Bertz CT molecular complexity index is 1080. The van der Waals surface area contributed by atoms with E-state index >= 15 is 0 Å². The molecule has 3 rings (SSSR count). The Balaban J connectivity index is 1.96. The normalized spacial score (nSPS) is 15.3. The standard InChI is InChI=1S/C27H41N3O3S/c1-20(2)17-29(18-25-13-10-14-28(25)6)26(31)19-30(24-11-8-7-9-12-24)34(32,33)27-22(4)15-21(3)16-23(27)5/h10,13-16,20,24H,7-9,11-12,17-19H2,1-6H3. The van der Waals surface area contributed by atoms with E-state index in [0.717, 1.165) is 54.5 Å².